The van der Waals surface area contributed by atoms with Crippen LogP contribution >= 0.6 is 11.3 Å². The molecule has 0 radical (unpaired) electrons. The molecule has 2 aromatic rings. The van der Waals surface area contributed by atoms with E-state index < -0.39 is 12.1 Å². The summed E-state index contributed by atoms with van der Waals surface area (Å²) in [5.41, 5.74) is 0.901. The zero-order valence-corrected chi connectivity index (χ0v) is 12.9. The van der Waals surface area contributed by atoms with Crippen LogP contribution in [0.15, 0.2) is 30.3 Å². The molecule has 22 heavy (non-hydrogen) atoms. The number of fused-ring (bicyclic) bond motifs is 1. The number of thiazole rings is 1. The Morgan fingerprint density at radius 3 is 2.91 bits per heavy atom. The second kappa shape index (κ2) is 6.27. The van der Waals surface area contributed by atoms with Crippen molar-refractivity contribution in [2.75, 3.05) is 0 Å². The molecule has 3 rings (SSSR count). The molecule has 1 saturated carbocycles. The third-order valence-electron chi connectivity index (χ3n) is 3.26. The maximum atomic E-state index is 11.7. The number of carbonyl (C=O) groups is 2. The summed E-state index contributed by atoms with van der Waals surface area (Å²) in [4.78, 5) is 27.8. The lowest BCUT2D eigenvalue weighted by atomic mass is 10.3. The van der Waals surface area contributed by atoms with Crippen LogP contribution in [0.25, 0.3) is 16.3 Å². The highest BCUT2D eigenvalue weighted by atomic mass is 32.1. The molecule has 5 nitrogen and oxygen atoms in total. The van der Waals surface area contributed by atoms with Gasteiger partial charge in [0.2, 0.25) is 0 Å². The number of benzene rings is 1. The van der Waals surface area contributed by atoms with Crippen molar-refractivity contribution in [3.63, 3.8) is 0 Å². The molecule has 0 aliphatic heterocycles. The van der Waals surface area contributed by atoms with E-state index in [0.717, 1.165) is 28.1 Å². The fraction of sp³-hybridized carbons (Fsp3) is 0.312. The SMILES string of the molecule is C[C@@H](OC(=O)/C=C/c1nc2ccccc2s1)C(=O)NC1CC1. The molecule has 1 heterocycles. The van der Waals surface area contributed by atoms with E-state index in [1.54, 1.807) is 13.0 Å². The van der Waals surface area contributed by atoms with Crippen molar-refractivity contribution in [1.82, 2.24) is 10.3 Å². The minimum Gasteiger partial charge on any atom is -0.449 e. The quantitative estimate of drug-likeness (QED) is 0.680. The van der Waals surface area contributed by atoms with Crippen molar-refractivity contribution in [3.05, 3.63) is 35.3 Å². The van der Waals surface area contributed by atoms with Crippen molar-refractivity contribution in [2.45, 2.75) is 31.9 Å². The molecule has 0 bridgehead atoms. The molecule has 0 unspecified atom stereocenters. The van der Waals surface area contributed by atoms with Gasteiger partial charge in [-0.05, 0) is 38.0 Å². The minimum atomic E-state index is -0.784. The fourth-order valence-corrected chi connectivity index (χ4v) is 2.78. The summed E-state index contributed by atoms with van der Waals surface area (Å²) >= 11 is 1.50. The third kappa shape index (κ3) is 3.71. The number of nitrogens with one attached hydrogen (secondary N) is 1. The molecular formula is C16H16N2O3S. The predicted molar refractivity (Wildman–Crippen MR) is 85.4 cm³/mol. The van der Waals surface area contributed by atoms with Crippen LogP contribution in [0.4, 0.5) is 0 Å². The van der Waals surface area contributed by atoms with Gasteiger partial charge in [-0.25, -0.2) is 9.78 Å². The topological polar surface area (TPSA) is 68.3 Å². The molecule has 1 aliphatic carbocycles. The lowest BCUT2D eigenvalue weighted by Gasteiger charge is -2.11. The Morgan fingerprint density at radius 2 is 2.18 bits per heavy atom. The monoisotopic (exact) mass is 316 g/mol. The smallest absolute Gasteiger partial charge is 0.331 e. The van der Waals surface area contributed by atoms with Crippen molar-refractivity contribution >= 4 is 39.5 Å². The number of esters is 1. The Kier molecular flexibility index (Phi) is 4.20. The van der Waals surface area contributed by atoms with E-state index >= 15 is 0 Å². The van der Waals surface area contributed by atoms with E-state index in [9.17, 15) is 9.59 Å². The molecule has 1 fully saturated rings. The summed E-state index contributed by atoms with van der Waals surface area (Å²) in [6, 6.07) is 8.03. The molecule has 1 atom stereocenters. The summed E-state index contributed by atoms with van der Waals surface area (Å²) in [5.74, 6) is -0.790. The van der Waals surface area contributed by atoms with Gasteiger partial charge in [-0.3, -0.25) is 4.79 Å². The molecule has 1 aromatic carbocycles. The maximum Gasteiger partial charge on any atom is 0.331 e. The van der Waals surface area contributed by atoms with Crippen molar-refractivity contribution in [1.29, 1.82) is 0 Å². The van der Waals surface area contributed by atoms with Crippen LogP contribution in [-0.4, -0.2) is 29.0 Å². The highest BCUT2D eigenvalue weighted by molar-refractivity contribution is 7.19. The highest BCUT2D eigenvalue weighted by Gasteiger charge is 2.26. The Labute approximate surface area is 132 Å². The first-order chi connectivity index (χ1) is 10.6. The fourth-order valence-electron chi connectivity index (χ4n) is 1.91. The summed E-state index contributed by atoms with van der Waals surface area (Å²) in [5, 5.41) is 3.53. The van der Waals surface area contributed by atoms with Gasteiger partial charge in [-0.15, -0.1) is 11.3 Å². The highest BCUT2D eigenvalue weighted by Crippen LogP contribution is 2.22. The van der Waals surface area contributed by atoms with Crippen molar-refractivity contribution < 1.29 is 14.3 Å². The Bertz CT molecular complexity index is 701. The number of hydrogen-bond donors (Lipinski definition) is 1. The molecule has 6 heteroatoms. The van der Waals surface area contributed by atoms with E-state index in [2.05, 4.69) is 10.3 Å². The van der Waals surface area contributed by atoms with E-state index in [-0.39, 0.29) is 11.9 Å². The largest absolute Gasteiger partial charge is 0.449 e. The van der Waals surface area contributed by atoms with Gasteiger partial charge in [-0.1, -0.05) is 12.1 Å². The summed E-state index contributed by atoms with van der Waals surface area (Å²) in [6.45, 7) is 1.57. The number of nitrogens with zero attached hydrogens (tertiary/aromatic N) is 1. The van der Waals surface area contributed by atoms with E-state index in [1.807, 2.05) is 24.3 Å². The van der Waals surface area contributed by atoms with Gasteiger partial charge in [0.25, 0.3) is 5.91 Å². The maximum absolute atomic E-state index is 11.7. The van der Waals surface area contributed by atoms with Crippen LogP contribution in [0.1, 0.15) is 24.8 Å². The number of carbonyl (C=O) groups excluding carboxylic acids is 2. The van der Waals surface area contributed by atoms with Gasteiger partial charge in [0, 0.05) is 12.1 Å². The third-order valence-corrected chi connectivity index (χ3v) is 4.26. The van der Waals surface area contributed by atoms with E-state index in [4.69, 9.17) is 4.74 Å². The van der Waals surface area contributed by atoms with Crippen LogP contribution < -0.4 is 5.32 Å². The standard InChI is InChI=1S/C16H16N2O3S/c1-10(16(20)17-11-6-7-11)21-15(19)9-8-14-18-12-4-2-3-5-13(12)22-14/h2-5,8-11H,6-7H2,1H3,(H,17,20)/b9-8+/t10-/m1/s1. The predicted octanol–water partition coefficient (Wildman–Crippen LogP) is 2.52. The second-order valence-electron chi connectivity index (χ2n) is 5.22. The van der Waals surface area contributed by atoms with Crippen LogP contribution in [0, 0.1) is 0 Å². The summed E-state index contributed by atoms with van der Waals surface area (Å²) in [7, 11) is 0. The van der Waals surface area contributed by atoms with Gasteiger partial charge in [-0.2, -0.15) is 0 Å². The van der Waals surface area contributed by atoms with E-state index in [0.29, 0.717) is 0 Å². The minimum absolute atomic E-state index is 0.246. The number of ether oxygens (including phenoxy) is 1. The van der Waals surface area contributed by atoms with Gasteiger partial charge in [0.15, 0.2) is 6.10 Å². The first-order valence-corrected chi connectivity index (χ1v) is 7.98. The summed E-state index contributed by atoms with van der Waals surface area (Å²) in [6.07, 6.45) is 4.14. The van der Waals surface area contributed by atoms with E-state index in [1.165, 1.54) is 17.4 Å². The number of aromatic nitrogens is 1. The first-order valence-electron chi connectivity index (χ1n) is 7.16. The average Bonchev–Trinajstić information content (AvgIpc) is 3.21. The van der Waals surface area contributed by atoms with Crippen LogP contribution in [-0.2, 0) is 14.3 Å². The first kappa shape index (κ1) is 14.7. The zero-order chi connectivity index (χ0) is 15.5. The number of amides is 1. The Hall–Kier alpha value is -2.21. The number of rotatable bonds is 5. The molecule has 0 spiro atoms. The van der Waals surface area contributed by atoms with Crippen LogP contribution in [0.3, 0.4) is 0 Å². The van der Waals surface area contributed by atoms with Crippen molar-refractivity contribution in [3.8, 4) is 0 Å². The normalized spacial score (nSPS) is 15.9. The molecular weight excluding hydrogens is 300 g/mol. The second-order valence-corrected chi connectivity index (χ2v) is 6.28. The zero-order valence-electron chi connectivity index (χ0n) is 12.1. The Morgan fingerprint density at radius 1 is 1.41 bits per heavy atom. The van der Waals surface area contributed by atoms with Gasteiger partial charge < -0.3 is 10.1 Å². The molecule has 114 valence electrons. The Balaban J connectivity index is 1.56. The summed E-state index contributed by atoms with van der Waals surface area (Å²) < 4.78 is 6.14. The van der Waals surface area contributed by atoms with Gasteiger partial charge in [0.1, 0.15) is 5.01 Å². The molecule has 1 aliphatic rings. The van der Waals surface area contributed by atoms with Gasteiger partial charge in [0.05, 0.1) is 10.2 Å². The average molecular weight is 316 g/mol. The van der Waals surface area contributed by atoms with Crippen molar-refractivity contribution in [2.24, 2.45) is 0 Å². The molecule has 1 amide bonds. The van der Waals surface area contributed by atoms with Crippen LogP contribution in [0.2, 0.25) is 0 Å². The van der Waals surface area contributed by atoms with Crippen LogP contribution in [0.5, 0.6) is 0 Å². The lowest BCUT2D eigenvalue weighted by molar-refractivity contribution is -0.150. The molecule has 1 N–H and O–H groups in total. The lowest BCUT2D eigenvalue weighted by Crippen LogP contribution is -2.36. The number of para-hydroxylation sites is 1. The van der Waals surface area contributed by atoms with Gasteiger partial charge >= 0.3 is 5.97 Å². The molecule has 0 saturated heterocycles. The number of hydrogen-bond acceptors (Lipinski definition) is 5. The molecule has 1 aromatic heterocycles.